The smallest absolute Gasteiger partial charge is 0.207 e. The molecule has 0 radical (unpaired) electrons. The molecule has 0 spiro atoms. The van der Waals surface area contributed by atoms with Gasteiger partial charge in [-0.25, -0.2) is 0 Å². The van der Waals surface area contributed by atoms with Crippen LogP contribution < -0.4 is 5.73 Å². The third kappa shape index (κ3) is 1.92. The summed E-state index contributed by atoms with van der Waals surface area (Å²) in [5.74, 6) is 0.298. The molecule has 0 bridgehead atoms. The van der Waals surface area contributed by atoms with Crippen LogP contribution in [0.25, 0.3) is 11.4 Å². The minimum absolute atomic E-state index is 0.136. The highest BCUT2D eigenvalue weighted by Crippen LogP contribution is 2.24. The monoisotopic (exact) mass is 238 g/mol. The van der Waals surface area contributed by atoms with Crippen LogP contribution in [0.1, 0.15) is 0 Å². The van der Waals surface area contributed by atoms with E-state index in [0.717, 1.165) is 0 Å². The normalized spacial score (nSPS) is 12.6. The second kappa shape index (κ2) is 3.99. The average molecular weight is 238 g/mol. The molecule has 2 N–H and O–H groups in total. The molecule has 8 heteroatoms. The van der Waals surface area contributed by atoms with Crippen LogP contribution in [0.5, 0.6) is 0 Å². The van der Waals surface area contributed by atoms with E-state index in [4.69, 9.17) is 5.73 Å². The topological polar surface area (TPSA) is 110 Å². The van der Waals surface area contributed by atoms with E-state index in [1.54, 1.807) is 7.05 Å². The van der Waals surface area contributed by atoms with Crippen molar-refractivity contribution < 1.29 is 8.76 Å². The molecule has 1 unspecified atom stereocenters. The van der Waals surface area contributed by atoms with Gasteiger partial charge in [0.15, 0.2) is 0 Å². The predicted molar refractivity (Wildman–Crippen MR) is 55.8 cm³/mol. The Kier molecular flexibility index (Phi) is 2.67. The molecule has 0 saturated heterocycles. The number of anilines is 1. The summed E-state index contributed by atoms with van der Waals surface area (Å²) in [6.07, 6.45) is 0. The van der Waals surface area contributed by atoms with Gasteiger partial charge in [-0.2, -0.15) is 4.80 Å². The first-order valence-electron chi connectivity index (χ1n) is 4.31. The molecule has 84 valence electrons. The van der Waals surface area contributed by atoms with Gasteiger partial charge in [-0.1, -0.05) is 0 Å². The van der Waals surface area contributed by atoms with Gasteiger partial charge in [0.05, 0.1) is 7.05 Å². The molecule has 2 rings (SSSR count). The highest BCUT2D eigenvalue weighted by molar-refractivity contribution is 7.79. The van der Waals surface area contributed by atoms with Gasteiger partial charge in [-0.05, 0) is 34.5 Å². The number of hydrogen-bond acceptors (Lipinski definition) is 6. The summed E-state index contributed by atoms with van der Waals surface area (Å²) in [6, 6.07) is 4.32. The molecule has 0 aliphatic carbocycles. The minimum Gasteiger partial charge on any atom is -0.768 e. The molecule has 16 heavy (non-hydrogen) atoms. The Hall–Kier alpha value is -1.80. The Bertz CT molecular complexity index is 553. The van der Waals surface area contributed by atoms with Gasteiger partial charge in [0.1, 0.15) is 0 Å². The molecular formula is C8H8N5O2S-. The van der Waals surface area contributed by atoms with Crippen molar-refractivity contribution in [2.24, 2.45) is 7.05 Å². The molecule has 0 aliphatic heterocycles. The molecule has 1 heterocycles. The Balaban J connectivity index is 2.55. The maximum atomic E-state index is 10.8. The summed E-state index contributed by atoms with van der Waals surface area (Å²) in [7, 11) is 1.61. The van der Waals surface area contributed by atoms with Gasteiger partial charge in [0, 0.05) is 16.1 Å². The van der Waals surface area contributed by atoms with Gasteiger partial charge in [0.25, 0.3) is 0 Å². The molecule has 1 aromatic heterocycles. The first kappa shape index (κ1) is 10.7. The summed E-state index contributed by atoms with van der Waals surface area (Å²) in [5.41, 5.74) is 6.57. The lowest BCUT2D eigenvalue weighted by Gasteiger charge is -2.07. The van der Waals surface area contributed by atoms with Crippen molar-refractivity contribution in [2.45, 2.75) is 4.90 Å². The highest BCUT2D eigenvalue weighted by Gasteiger charge is 2.09. The molecule has 1 aromatic carbocycles. The fourth-order valence-corrected chi connectivity index (χ4v) is 1.62. The Morgan fingerprint density at radius 2 is 2.25 bits per heavy atom. The van der Waals surface area contributed by atoms with E-state index in [0.29, 0.717) is 17.1 Å². The largest absolute Gasteiger partial charge is 0.768 e. The average Bonchev–Trinajstić information content (AvgIpc) is 2.65. The zero-order chi connectivity index (χ0) is 11.7. The van der Waals surface area contributed by atoms with Gasteiger partial charge < -0.3 is 10.3 Å². The molecule has 0 fully saturated rings. The van der Waals surface area contributed by atoms with Gasteiger partial charge in [0.2, 0.25) is 5.82 Å². The van der Waals surface area contributed by atoms with Crippen LogP contribution in [0.15, 0.2) is 23.1 Å². The lowest BCUT2D eigenvalue weighted by Crippen LogP contribution is -1.96. The number of rotatable bonds is 2. The van der Waals surface area contributed by atoms with Crippen LogP contribution in [-0.4, -0.2) is 29.0 Å². The fraction of sp³-hybridized carbons (Fsp3) is 0.125. The number of nitrogens with two attached hydrogens (primary N) is 1. The third-order valence-electron chi connectivity index (χ3n) is 1.97. The fourth-order valence-electron chi connectivity index (χ4n) is 1.22. The Labute approximate surface area is 93.6 Å². The van der Waals surface area contributed by atoms with Crippen LogP contribution in [0.2, 0.25) is 0 Å². The second-order valence-electron chi connectivity index (χ2n) is 3.09. The van der Waals surface area contributed by atoms with E-state index in [9.17, 15) is 8.76 Å². The van der Waals surface area contributed by atoms with Crippen molar-refractivity contribution >= 4 is 16.8 Å². The number of nitrogens with zero attached hydrogens (tertiary/aromatic N) is 4. The van der Waals surface area contributed by atoms with Crippen molar-refractivity contribution in [1.82, 2.24) is 20.2 Å². The summed E-state index contributed by atoms with van der Waals surface area (Å²) in [6.45, 7) is 0. The van der Waals surface area contributed by atoms with Crippen LogP contribution in [0.3, 0.4) is 0 Å². The predicted octanol–water partition coefficient (Wildman–Crippen LogP) is -0.303. The van der Waals surface area contributed by atoms with E-state index in [1.807, 2.05) is 0 Å². The number of tetrazole rings is 1. The molecule has 1 atom stereocenters. The molecule has 2 aromatic rings. The number of aryl methyl sites for hydroxylation is 1. The number of hydrogen-bond donors (Lipinski definition) is 1. The molecular weight excluding hydrogens is 230 g/mol. The zero-order valence-corrected chi connectivity index (χ0v) is 9.14. The lowest BCUT2D eigenvalue weighted by atomic mass is 10.2. The first-order chi connectivity index (χ1) is 7.58. The minimum atomic E-state index is -2.30. The van der Waals surface area contributed by atoms with Crippen molar-refractivity contribution in [2.75, 3.05) is 5.73 Å². The van der Waals surface area contributed by atoms with E-state index in [2.05, 4.69) is 15.4 Å². The highest BCUT2D eigenvalue weighted by atomic mass is 32.2. The van der Waals surface area contributed by atoms with Crippen LogP contribution >= 0.6 is 0 Å². The SMILES string of the molecule is Cn1nnc(-c2cc(S(=O)[O-])ccc2N)n1. The van der Waals surface area contributed by atoms with Crippen molar-refractivity contribution in [3.05, 3.63) is 18.2 Å². The van der Waals surface area contributed by atoms with Crippen LogP contribution in [-0.2, 0) is 18.1 Å². The molecule has 0 saturated carbocycles. The van der Waals surface area contributed by atoms with Gasteiger partial charge in [-0.3, -0.25) is 4.21 Å². The van der Waals surface area contributed by atoms with Crippen molar-refractivity contribution in [1.29, 1.82) is 0 Å². The van der Waals surface area contributed by atoms with E-state index < -0.39 is 11.1 Å². The second-order valence-corrected chi connectivity index (χ2v) is 4.03. The van der Waals surface area contributed by atoms with Gasteiger partial charge in [-0.15, -0.1) is 10.2 Å². The first-order valence-corrected chi connectivity index (χ1v) is 5.38. The van der Waals surface area contributed by atoms with Gasteiger partial charge >= 0.3 is 0 Å². The van der Waals surface area contributed by atoms with E-state index in [-0.39, 0.29) is 4.90 Å². The van der Waals surface area contributed by atoms with Crippen LogP contribution in [0.4, 0.5) is 5.69 Å². The summed E-state index contributed by atoms with van der Waals surface area (Å²) < 4.78 is 21.6. The number of nitrogen functional groups attached to an aromatic ring is 1. The van der Waals surface area contributed by atoms with Crippen LogP contribution in [0, 0.1) is 0 Å². The Morgan fingerprint density at radius 1 is 1.50 bits per heavy atom. The summed E-state index contributed by atoms with van der Waals surface area (Å²) >= 11 is -2.30. The molecule has 0 aliphatic rings. The standard InChI is InChI=1S/C8H9N5O2S/c1-13-11-8(10-12-13)6-4-5(16(14)15)2-3-7(6)9/h2-4H,9H2,1H3,(H,14,15)/p-1. The maximum Gasteiger partial charge on any atom is 0.207 e. The molecule has 7 nitrogen and oxygen atoms in total. The Morgan fingerprint density at radius 3 is 2.81 bits per heavy atom. The third-order valence-corrected chi connectivity index (χ3v) is 2.61. The summed E-state index contributed by atoms with van der Waals surface area (Å²) in [4.78, 5) is 1.41. The lowest BCUT2D eigenvalue weighted by molar-refractivity contribution is 0.537. The van der Waals surface area contributed by atoms with E-state index >= 15 is 0 Å². The molecule has 0 amide bonds. The number of aromatic nitrogens is 4. The number of benzene rings is 1. The summed E-state index contributed by atoms with van der Waals surface area (Å²) in [5, 5.41) is 11.4. The van der Waals surface area contributed by atoms with E-state index in [1.165, 1.54) is 23.0 Å². The quantitative estimate of drug-likeness (QED) is 0.568. The zero-order valence-electron chi connectivity index (χ0n) is 8.32. The maximum absolute atomic E-state index is 10.8. The van der Waals surface area contributed by atoms with Crippen molar-refractivity contribution in [3.8, 4) is 11.4 Å². The van der Waals surface area contributed by atoms with Crippen molar-refractivity contribution in [3.63, 3.8) is 0 Å².